The van der Waals surface area contributed by atoms with E-state index in [2.05, 4.69) is 10.6 Å². The van der Waals surface area contributed by atoms with E-state index in [-0.39, 0.29) is 18.7 Å². The summed E-state index contributed by atoms with van der Waals surface area (Å²) in [5, 5.41) is 25.0. The molecule has 2 rings (SSSR count). The molecular formula is C14H14N2O4S. The molecule has 0 aliphatic heterocycles. The zero-order valence-corrected chi connectivity index (χ0v) is 11.8. The number of aliphatic hydroxyl groups is 1. The lowest BCUT2D eigenvalue weighted by Gasteiger charge is -2.08. The van der Waals surface area contributed by atoms with Crippen LogP contribution in [-0.4, -0.2) is 22.2 Å². The molecule has 0 saturated heterocycles. The van der Waals surface area contributed by atoms with Gasteiger partial charge in [-0.3, -0.25) is 5.32 Å². The second kappa shape index (κ2) is 6.87. The van der Waals surface area contributed by atoms with Crippen molar-refractivity contribution in [2.75, 3.05) is 5.32 Å². The first-order chi connectivity index (χ1) is 10.1. The van der Waals surface area contributed by atoms with Crippen molar-refractivity contribution in [3.8, 4) is 0 Å². The fourth-order valence-electron chi connectivity index (χ4n) is 1.74. The third-order valence-corrected chi connectivity index (χ3v) is 3.58. The van der Waals surface area contributed by atoms with Crippen molar-refractivity contribution < 1.29 is 19.8 Å². The third kappa shape index (κ3) is 4.04. The fourth-order valence-corrected chi connectivity index (χ4v) is 2.52. The normalized spacial score (nSPS) is 10.1. The van der Waals surface area contributed by atoms with E-state index < -0.39 is 12.0 Å². The quantitative estimate of drug-likeness (QED) is 0.681. The minimum atomic E-state index is -1.08. The molecule has 1 heterocycles. The van der Waals surface area contributed by atoms with Crippen molar-refractivity contribution in [3.63, 3.8) is 0 Å². The lowest BCUT2D eigenvalue weighted by Crippen LogP contribution is -2.28. The highest BCUT2D eigenvalue weighted by Gasteiger charge is 2.13. The number of thiophene rings is 1. The first-order valence-corrected chi connectivity index (χ1v) is 7.02. The fraction of sp³-hybridized carbons (Fsp3) is 0.143. The Morgan fingerprint density at radius 1 is 1.19 bits per heavy atom. The molecule has 2 amide bonds. The predicted molar refractivity (Wildman–Crippen MR) is 79.5 cm³/mol. The Bertz CT molecular complexity index is 654. The number of aromatic carboxylic acids is 1. The Labute approximate surface area is 125 Å². The minimum absolute atomic E-state index is 0.0583. The van der Waals surface area contributed by atoms with Crippen LogP contribution in [0.1, 0.15) is 21.5 Å². The number of carboxylic acid groups (broad SMARTS) is 1. The van der Waals surface area contributed by atoms with Crippen LogP contribution in [0, 0.1) is 0 Å². The van der Waals surface area contributed by atoms with Crippen LogP contribution in [0.15, 0.2) is 35.7 Å². The highest BCUT2D eigenvalue weighted by Crippen LogP contribution is 2.22. The maximum Gasteiger partial charge on any atom is 0.338 e. The van der Waals surface area contributed by atoms with E-state index in [1.807, 2.05) is 6.07 Å². The Kier molecular flexibility index (Phi) is 4.91. The molecule has 1 aromatic heterocycles. The first kappa shape index (κ1) is 15.0. The van der Waals surface area contributed by atoms with Gasteiger partial charge in [0, 0.05) is 6.54 Å². The van der Waals surface area contributed by atoms with E-state index in [1.165, 1.54) is 6.07 Å². The molecule has 0 aliphatic carbocycles. The van der Waals surface area contributed by atoms with Gasteiger partial charge in [-0.05, 0) is 22.6 Å². The number of aliphatic hydroxyl groups excluding tert-OH is 1. The number of nitrogens with one attached hydrogen (secondary N) is 2. The van der Waals surface area contributed by atoms with Gasteiger partial charge in [0.15, 0.2) is 0 Å². The highest BCUT2D eigenvalue weighted by atomic mass is 32.1. The molecule has 1 aromatic carbocycles. The van der Waals surface area contributed by atoms with E-state index in [1.54, 1.807) is 23.6 Å². The summed E-state index contributed by atoms with van der Waals surface area (Å²) in [5.41, 5.74) is 1.68. The maximum absolute atomic E-state index is 11.8. The summed E-state index contributed by atoms with van der Waals surface area (Å²) in [6.45, 7) is 0.227. The zero-order chi connectivity index (χ0) is 15.2. The van der Waals surface area contributed by atoms with E-state index in [0.717, 1.165) is 22.5 Å². The predicted octanol–water partition coefficient (Wildman–Crippen LogP) is 2.26. The van der Waals surface area contributed by atoms with Gasteiger partial charge in [-0.2, -0.15) is 0 Å². The molecule has 4 N–H and O–H groups in total. The van der Waals surface area contributed by atoms with Gasteiger partial charge in [0.05, 0.1) is 12.2 Å². The molecule has 0 saturated carbocycles. The second-order valence-electron chi connectivity index (χ2n) is 4.25. The summed E-state index contributed by atoms with van der Waals surface area (Å²) in [6.07, 6.45) is 0. The third-order valence-electron chi connectivity index (χ3n) is 2.75. The number of rotatable bonds is 5. The molecule has 6 nitrogen and oxygen atoms in total. The van der Waals surface area contributed by atoms with Crippen LogP contribution in [-0.2, 0) is 13.2 Å². The largest absolute Gasteiger partial charge is 0.478 e. The molecule has 21 heavy (non-hydrogen) atoms. The summed E-state index contributed by atoms with van der Waals surface area (Å²) < 4.78 is 0. The molecule has 0 spiro atoms. The van der Waals surface area contributed by atoms with Crippen LogP contribution < -0.4 is 10.6 Å². The smallest absolute Gasteiger partial charge is 0.338 e. The lowest BCUT2D eigenvalue weighted by molar-refractivity contribution is 0.0698. The second-order valence-corrected chi connectivity index (χ2v) is 5.17. The molecule has 110 valence electrons. The Balaban J connectivity index is 1.93. The van der Waals surface area contributed by atoms with Crippen molar-refractivity contribution in [2.24, 2.45) is 0 Å². The zero-order valence-electron chi connectivity index (χ0n) is 11.0. The van der Waals surface area contributed by atoms with Gasteiger partial charge in [-0.1, -0.05) is 24.3 Å². The van der Waals surface area contributed by atoms with E-state index in [4.69, 9.17) is 10.2 Å². The summed E-state index contributed by atoms with van der Waals surface area (Å²) in [5.74, 6) is -1.08. The topological polar surface area (TPSA) is 98.7 Å². The number of hydrogen-bond donors (Lipinski definition) is 4. The van der Waals surface area contributed by atoms with Crippen molar-refractivity contribution >= 4 is 28.3 Å². The number of amides is 2. The summed E-state index contributed by atoms with van der Waals surface area (Å²) in [7, 11) is 0. The van der Waals surface area contributed by atoms with E-state index in [0.29, 0.717) is 5.00 Å². The van der Waals surface area contributed by atoms with Crippen molar-refractivity contribution in [1.82, 2.24) is 5.32 Å². The van der Waals surface area contributed by atoms with Gasteiger partial charge in [0.2, 0.25) is 0 Å². The van der Waals surface area contributed by atoms with Gasteiger partial charge >= 0.3 is 12.0 Å². The van der Waals surface area contributed by atoms with Crippen LogP contribution in [0.25, 0.3) is 0 Å². The van der Waals surface area contributed by atoms with Gasteiger partial charge < -0.3 is 15.5 Å². The minimum Gasteiger partial charge on any atom is -0.478 e. The average Bonchev–Trinajstić information content (AvgIpc) is 2.93. The van der Waals surface area contributed by atoms with Crippen molar-refractivity contribution in [2.45, 2.75) is 13.2 Å². The van der Waals surface area contributed by atoms with Gasteiger partial charge in [-0.25, -0.2) is 9.59 Å². The Hall–Kier alpha value is -2.38. The molecule has 7 heteroatoms. The number of carbonyl (C=O) groups excluding carboxylic acids is 1. The van der Waals surface area contributed by atoms with Crippen molar-refractivity contribution in [1.29, 1.82) is 0 Å². The maximum atomic E-state index is 11.8. The molecule has 2 aromatic rings. The van der Waals surface area contributed by atoms with Gasteiger partial charge in [-0.15, -0.1) is 11.3 Å². The van der Waals surface area contributed by atoms with Crippen LogP contribution in [0.3, 0.4) is 0 Å². The van der Waals surface area contributed by atoms with E-state index in [9.17, 15) is 9.59 Å². The number of hydrogen-bond acceptors (Lipinski definition) is 4. The number of carbonyl (C=O) groups is 2. The van der Waals surface area contributed by atoms with Crippen LogP contribution in [0.4, 0.5) is 9.80 Å². The van der Waals surface area contributed by atoms with Crippen LogP contribution in [0.2, 0.25) is 0 Å². The van der Waals surface area contributed by atoms with Crippen molar-refractivity contribution in [3.05, 3.63) is 52.4 Å². The number of anilines is 1. The van der Waals surface area contributed by atoms with Gasteiger partial charge in [0.25, 0.3) is 0 Å². The molecule has 0 fully saturated rings. The highest BCUT2D eigenvalue weighted by molar-refractivity contribution is 7.14. The number of carboxylic acids is 1. The SMILES string of the molecule is O=C(NCc1cccc(CO)c1)Nc1sccc1C(=O)O. The van der Waals surface area contributed by atoms with Crippen LogP contribution in [0.5, 0.6) is 0 Å². The van der Waals surface area contributed by atoms with E-state index >= 15 is 0 Å². The average molecular weight is 306 g/mol. The monoisotopic (exact) mass is 306 g/mol. The molecular weight excluding hydrogens is 292 g/mol. The summed E-state index contributed by atoms with van der Waals surface area (Å²) in [6, 6.07) is 8.15. The standard InChI is InChI=1S/C14H14N2O4S/c17-8-10-3-1-2-9(6-10)7-15-14(20)16-12-11(13(18)19)4-5-21-12/h1-6,17H,7-8H2,(H,18,19)(H2,15,16,20). The molecule has 0 radical (unpaired) electrons. The summed E-state index contributed by atoms with van der Waals surface area (Å²) >= 11 is 1.15. The molecule has 0 unspecified atom stereocenters. The number of benzene rings is 1. The Morgan fingerprint density at radius 3 is 2.67 bits per heavy atom. The Morgan fingerprint density at radius 2 is 1.95 bits per heavy atom. The van der Waals surface area contributed by atoms with Gasteiger partial charge in [0.1, 0.15) is 5.00 Å². The number of urea groups is 1. The molecule has 0 aliphatic rings. The summed E-state index contributed by atoms with van der Waals surface area (Å²) in [4.78, 5) is 22.7. The lowest BCUT2D eigenvalue weighted by atomic mass is 10.1. The molecule has 0 bridgehead atoms. The first-order valence-electron chi connectivity index (χ1n) is 6.14. The molecule has 0 atom stereocenters. The van der Waals surface area contributed by atoms with Crippen LogP contribution >= 0.6 is 11.3 Å².